The van der Waals surface area contributed by atoms with Crippen molar-refractivity contribution < 1.29 is 9.53 Å². The standard InChI is InChI=1S/C20H33N5O2/c1-5-16-6-8-17(9-7-16)23-18(21)22-10-11-24-12-14-25(15-13-24)19(26)27-20(2,3)4/h6-9H,5,10-15H2,1-4H3,(H3,21,22,23). The first-order valence-electron chi connectivity index (χ1n) is 9.63. The van der Waals surface area contributed by atoms with Crippen LogP contribution in [0.25, 0.3) is 0 Å². The Kier molecular flexibility index (Phi) is 7.47. The quantitative estimate of drug-likeness (QED) is 0.610. The first-order valence-corrected chi connectivity index (χ1v) is 9.63. The smallest absolute Gasteiger partial charge is 0.410 e. The average Bonchev–Trinajstić information content (AvgIpc) is 2.61. The van der Waals surface area contributed by atoms with E-state index in [2.05, 4.69) is 34.3 Å². The molecule has 1 heterocycles. The summed E-state index contributed by atoms with van der Waals surface area (Å²) in [5, 5.41) is 3.11. The molecule has 0 radical (unpaired) electrons. The molecule has 0 bridgehead atoms. The van der Waals surface area contributed by atoms with Crippen LogP contribution in [0, 0.1) is 0 Å². The predicted molar refractivity (Wildman–Crippen MR) is 110 cm³/mol. The molecule has 1 amide bonds. The zero-order valence-corrected chi connectivity index (χ0v) is 17.0. The Morgan fingerprint density at radius 2 is 1.81 bits per heavy atom. The second-order valence-electron chi connectivity index (χ2n) is 7.75. The molecule has 150 valence electrons. The Labute approximate surface area is 162 Å². The Morgan fingerprint density at radius 1 is 1.19 bits per heavy atom. The van der Waals surface area contributed by atoms with Gasteiger partial charge in [0.25, 0.3) is 0 Å². The molecule has 1 fully saturated rings. The molecule has 1 saturated heterocycles. The van der Waals surface area contributed by atoms with Gasteiger partial charge in [0.15, 0.2) is 5.96 Å². The van der Waals surface area contributed by atoms with E-state index in [1.165, 1.54) is 5.56 Å². The zero-order valence-electron chi connectivity index (χ0n) is 17.0. The number of carbonyl (C=O) groups excluding carboxylic acids is 1. The first-order chi connectivity index (χ1) is 12.8. The van der Waals surface area contributed by atoms with Gasteiger partial charge in [0, 0.05) is 38.4 Å². The number of nitrogens with zero attached hydrogens (tertiary/aromatic N) is 3. The summed E-state index contributed by atoms with van der Waals surface area (Å²) >= 11 is 0. The number of piperazine rings is 1. The number of hydrogen-bond acceptors (Lipinski definition) is 4. The van der Waals surface area contributed by atoms with E-state index in [9.17, 15) is 4.79 Å². The Morgan fingerprint density at radius 3 is 2.37 bits per heavy atom. The van der Waals surface area contributed by atoms with Crippen LogP contribution in [0.1, 0.15) is 33.3 Å². The SMILES string of the molecule is CCc1ccc(NC(N)=NCCN2CCN(C(=O)OC(C)(C)C)CC2)cc1. The van der Waals surface area contributed by atoms with Gasteiger partial charge in [0.05, 0.1) is 6.54 Å². The fourth-order valence-corrected chi connectivity index (χ4v) is 2.80. The third kappa shape index (κ3) is 7.46. The molecule has 3 N–H and O–H groups in total. The molecule has 0 aromatic heterocycles. The van der Waals surface area contributed by atoms with E-state index in [4.69, 9.17) is 10.5 Å². The normalized spacial score (nSPS) is 16.3. The Balaban J connectivity index is 1.69. The molecule has 2 rings (SSSR count). The van der Waals surface area contributed by atoms with Crippen LogP contribution in [-0.2, 0) is 11.2 Å². The van der Waals surface area contributed by atoms with Crippen molar-refractivity contribution in [1.29, 1.82) is 0 Å². The number of anilines is 1. The van der Waals surface area contributed by atoms with E-state index < -0.39 is 5.60 Å². The first kappa shape index (κ1) is 21.0. The molecular formula is C20H33N5O2. The van der Waals surface area contributed by atoms with Crippen molar-refractivity contribution in [3.63, 3.8) is 0 Å². The van der Waals surface area contributed by atoms with Crippen LogP contribution >= 0.6 is 0 Å². The van der Waals surface area contributed by atoms with Gasteiger partial charge in [-0.05, 0) is 44.9 Å². The van der Waals surface area contributed by atoms with Gasteiger partial charge in [-0.1, -0.05) is 19.1 Å². The molecule has 0 spiro atoms. The minimum absolute atomic E-state index is 0.234. The number of aryl methyl sites for hydroxylation is 1. The van der Waals surface area contributed by atoms with Crippen LogP contribution in [0.4, 0.5) is 10.5 Å². The van der Waals surface area contributed by atoms with Gasteiger partial charge in [-0.3, -0.25) is 9.89 Å². The van der Waals surface area contributed by atoms with Crippen molar-refractivity contribution in [1.82, 2.24) is 9.80 Å². The number of ether oxygens (including phenoxy) is 1. The van der Waals surface area contributed by atoms with Gasteiger partial charge in [-0.15, -0.1) is 0 Å². The van der Waals surface area contributed by atoms with Crippen molar-refractivity contribution >= 4 is 17.7 Å². The number of hydrogen-bond donors (Lipinski definition) is 2. The summed E-state index contributed by atoms with van der Waals surface area (Å²) in [7, 11) is 0. The number of benzene rings is 1. The van der Waals surface area contributed by atoms with Gasteiger partial charge < -0.3 is 20.7 Å². The summed E-state index contributed by atoms with van der Waals surface area (Å²) in [6.45, 7) is 12.2. The highest BCUT2D eigenvalue weighted by atomic mass is 16.6. The van der Waals surface area contributed by atoms with Crippen molar-refractivity contribution in [2.24, 2.45) is 10.7 Å². The lowest BCUT2D eigenvalue weighted by molar-refractivity contribution is 0.0148. The summed E-state index contributed by atoms with van der Waals surface area (Å²) in [6.07, 6.45) is 0.785. The number of nitrogens with two attached hydrogens (primary N) is 1. The van der Waals surface area contributed by atoms with E-state index in [-0.39, 0.29) is 6.09 Å². The molecule has 0 unspecified atom stereocenters. The van der Waals surface area contributed by atoms with Gasteiger partial charge >= 0.3 is 6.09 Å². The van der Waals surface area contributed by atoms with Gasteiger partial charge in [0.1, 0.15) is 5.60 Å². The Bertz CT molecular complexity index is 629. The number of nitrogens with one attached hydrogen (secondary N) is 1. The average molecular weight is 376 g/mol. The van der Waals surface area contributed by atoms with Gasteiger partial charge in [-0.2, -0.15) is 0 Å². The monoisotopic (exact) mass is 375 g/mol. The molecule has 1 aliphatic heterocycles. The van der Waals surface area contributed by atoms with E-state index in [0.717, 1.165) is 31.7 Å². The fraction of sp³-hybridized carbons (Fsp3) is 0.600. The number of carbonyl (C=O) groups is 1. The third-order valence-electron chi connectivity index (χ3n) is 4.36. The maximum absolute atomic E-state index is 12.1. The summed E-state index contributed by atoms with van der Waals surface area (Å²) in [4.78, 5) is 20.5. The van der Waals surface area contributed by atoms with E-state index in [1.807, 2.05) is 32.9 Å². The fourth-order valence-electron chi connectivity index (χ4n) is 2.80. The summed E-state index contributed by atoms with van der Waals surface area (Å²) in [5.41, 5.74) is 7.75. The van der Waals surface area contributed by atoms with E-state index in [1.54, 1.807) is 4.90 Å². The van der Waals surface area contributed by atoms with Crippen molar-refractivity contribution in [3.05, 3.63) is 29.8 Å². The highest BCUT2D eigenvalue weighted by Crippen LogP contribution is 2.12. The van der Waals surface area contributed by atoms with Crippen molar-refractivity contribution in [3.8, 4) is 0 Å². The molecule has 0 atom stereocenters. The highest BCUT2D eigenvalue weighted by Gasteiger charge is 2.25. The molecule has 0 saturated carbocycles. The highest BCUT2D eigenvalue weighted by molar-refractivity contribution is 5.92. The third-order valence-corrected chi connectivity index (χ3v) is 4.36. The minimum atomic E-state index is -0.454. The van der Waals surface area contributed by atoms with E-state index >= 15 is 0 Å². The lowest BCUT2D eigenvalue weighted by atomic mass is 10.1. The lowest BCUT2D eigenvalue weighted by Crippen LogP contribution is -2.50. The van der Waals surface area contributed by atoms with Gasteiger partial charge in [0.2, 0.25) is 0 Å². The number of rotatable bonds is 5. The summed E-state index contributed by atoms with van der Waals surface area (Å²) in [6, 6.07) is 8.19. The number of amides is 1. The maximum atomic E-state index is 12.1. The van der Waals surface area contributed by atoms with Crippen LogP contribution in [0.3, 0.4) is 0 Å². The predicted octanol–water partition coefficient (Wildman–Crippen LogP) is 2.53. The molecule has 0 aliphatic carbocycles. The number of aliphatic imine (C=N–C) groups is 1. The van der Waals surface area contributed by atoms with Crippen LogP contribution in [0.2, 0.25) is 0 Å². The number of guanidine groups is 1. The topological polar surface area (TPSA) is 83.2 Å². The van der Waals surface area contributed by atoms with E-state index in [0.29, 0.717) is 25.6 Å². The second-order valence-corrected chi connectivity index (χ2v) is 7.75. The van der Waals surface area contributed by atoms with Crippen molar-refractivity contribution in [2.45, 2.75) is 39.7 Å². The van der Waals surface area contributed by atoms with Gasteiger partial charge in [-0.25, -0.2) is 4.79 Å². The molecule has 1 aliphatic rings. The molecular weight excluding hydrogens is 342 g/mol. The summed E-state index contributed by atoms with van der Waals surface area (Å²) in [5.74, 6) is 0.423. The largest absolute Gasteiger partial charge is 0.444 e. The van der Waals surface area contributed by atoms with Crippen LogP contribution in [0.15, 0.2) is 29.3 Å². The van der Waals surface area contributed by atoms with Crippen molar-refractivity contribution in [2.75, 3.05) is 44.6 Å². The molecule has 1 aromatic rings. The van der Waals surface area contributed by atoms with Crippen LogP contribution in [0.5, 0.6) is 0 Å². The van der Waals surface area contributed by atoms with Crippen LogP contribution < -0.4 is 11.1 Å². The molecule has 1 aromatic carbocycles. The molecule has 7 heteroatoms. The second kappa shape index (κ2) is 9.60. The zero-order chi connectivity index (χ0) is 19.9. The summed E-state index contributed by atoms with van der Waals surface area (Å²) < 4.78 is 5.42. The lowest BCUT2D eigenvalue weighted by Gasteiger charge is -2.35. The molecule has 27 heavy (non-hydrogen) atoms. The Hall–Kier alpha value is -2.28. The molecule has 7 nitrogen and oxygen atoms in total. The maximum Gasteiger partial charge on any atom is 0.410 e. The van der Waals surface area contributed by atoms with Crippen LogP contribution in [-0.4, -0.2) is 66.7 Å². The minimum Gasteiger partial charge on any atom is -0.444 e.